The molecule has 0 unspecified atom stereocenters. The number of benzene rings is 1. The first-order valence-electron chi connectivity index (χ1n) is 5.34. The first-order chi connectivity index (χ1) is 8.42. The van der Waals surface area contributed by atoms with Gasteiger partial charge in [0.2, 0.25) is 0 Å². The third-order valence-electron chi connectivity index (χ3n) is 2.74. The second-order valence-electron chi connectivity index (χ2n) is 3.81. The van der Waals surface area contributed by atoms with Gasteiger partial charge in [0, 0.05) is 6.20 Å². The van der Waals surface area contributed by atoms with Crippen molar-refractivity contribution in [2.45, 2.75) is 0 Å². The topological polar surface area (TPSA) is 29.0 Å². The van der Waals surface area contributed by atoms with Crippen LogP contribution in [0.3, 0.4) is 0 Å². The molecule has 2 aromatic rings. The number of halogens is 1. The van der Waals surface area contributed by atoms with Gasteiger partial charge in [0.05, 0.1) is 14.7 Å². The molecule has 0 atom stereocenters. The predicted molar refractivity (Wildman–Crippen MR) is 78.0 cm³/mol. The summed E-state index contributed by atoms with van der Waals surface area (Å²) in [5.74, 6) is 1.02. The highest BCUT2D eigenvalue weighted by Crippen LogP contribution is 2.34. The molecule has 4 rings (SSSR count). The molecule has 0 amide bonds. The van der Waals surface area contributed by atoms with Gasteiger partial charge >= 0.3 is 0 Å². The van der Waals surface area contributed by atoms with Gasteiger partial charge in [-0.3, -0.25) is 4.90 Å². The van der Waals surface area contributed by atoms with Gasteiger partial charge in [-0.05, 0) is 45.0 Å². The Morgan fingerprint density at radius 1 is 1.00 bits per heavy atom. The number of fused-ring (bicyclic) bond motifs is 4. The average molecular weight is 333 g/mol. The van der Waals surface area contributed by atoms with Crippen molar-refractivity contribution in [2.75, 3.05) is 4.90 Å². The summed E-state index contributed by atoms with van der Waals surface area (Å²) in [5, 5.41) is 0. The largest absolute Gasteiger partial charge is 0.294 e. The van der Waals surface area contributed by atoms with Gasteiger partial charge in [0.25, 0.3) is 0 Å². The van der Waals surface area contributed by atoms with Crippen molar-refractivity contribution >= 4 is 41.2 Å². The summed E-state index contributed by atoms with van der Waals surface area (Å²) >= 11 is -0.183. The molecular formula is C13H8IN3. The van der Waals surface area contributed by atoms with Crippen LogP contribution >= 0.6 is 20.7 Å². The lowest BCUT2D eigenvalue weighted by Crippen LogP contribution is -2.21. The Balaban J connectivity index is 2.02. The molecule has 0 N–H and O–H groups in total. The average Bonchev–Trinajstić information content (AvgIpc) is 2.73. The predicted octanol–water partition coefficient (Wildman–Crippen LogP) is 2.80. The number of nitrogens with zero attached hydrogens (tertiary/aromatic N) is 3. The van der Waals surface area contributed by atoms with E-state index in [1.807, 2.05) is 30.3 Å². The summed E-state index contributed by atoms with van der Waals surface area (Å²) in [6, 6.07) is 8.06. The van der Waals surface area contributed by atoms with Crippen LogP contribution < -0.4 is 4.90 Å². The molecule has 1 aromatic carbocycles. The van der Waals surface area contributed by atoms with Crippen LogP contribution in [0.1, 0.15) is 0 Å². The number of anilines is 1. The maximum atomic E-state index is 4.74. The summed E-state index contributed by atoms with van der Waals surface area (Å²) in [7, 11) is 0. The van der Waals surface area contributed by atoms with Crippen molar-refractivity contribution in [1.29, 1.82) is 0 Å². The van der Waals surface area contributed by atoms with Gasteiger partial charge in [-0.25, -0.2) is 9.97 Å². The third kappa shape index (κ3) is 1.37. The summed E-state index contributed by atoms with van der Waals surface area (Å²) < 4.78 is 2.53. The monoisotopic (exact) mass is 333 g/mol. The molecule has 0 aliphatic carbocycles. The van der Waals surface area contributed by atoms with Crippen molar-refractivity contribution in [3.63, 3.8) is 0 Å². The maximum Gasteiger partial charge on any atom is 0.170 e. The Kier molecular flexibility index (Phi) is 1.93. The number of hydrogen-bond donors (Lipinski definition) is 0. The fourth-order valence-electron chi connectivity index (χ4n) is 1.95. The molecule has 3 heterocycles. The summed E-state index contributed by atoms with van der Waals surface area (Å²) in [6.45, 7) is 0. The van der Waals surface area contributed by atoms with Crippen LogP contribution in [0, 0.1) is 3.70 Å². The minimum atomic E-state index is -0.183. The number of rotatable bonds is 0. The van der Waals surface area contributed by atoms with E-state index in [4.69, 9.17) is 9.97 Å². The van der Waals surface area contributed by atoms with E-state index in [2.05, 4.69) is 23.3 Å². The van der Waals surface area contributed by atoms with Gasteiger partial charge in [-0.1, -0.05) is 18.2 Å². The quantitative estimate of drug-likeness (QED) is 0.695. The van der Waals surface area contributed by atoms with Gasteiger partial charge in [0.15, 0.2) is 5.82 Å². The molecule has 0 radical (unpaired) electrons. The van der Waals surface area contributed by atoms with E-state index in [-0.39, 0.29) is 20.7 Å². The number of hydrogen-bond acceptors (Lipinski definition) is 3. The van der Waals surface area contributed by atoms with E-state index in [9.17, 15) is 0 Å². The molecule has 0 saturated carbocycles. The molecule has 0 bridgehead atoms. The lowest BCUT2D eigenvalue weighted by molar-refractivity contribution is 1.18. The van der Waals surface area contributed by atoms with Crippen LogP contribution in [0.2, 0.25) is 0 Å². The highest BCUT2D eigenvalue weighted by atomic mass is 127. The van der Waals surface area contributed by atoms with Crippen molar-refractivity contribution in [3.05, 3.63) is 52.4 Å². The second kappa shape index (κ2) is 3.46. The molecule has 1 aromatic heterocycles. The van der Waals surface area contributed by atoms with Gasteiger partial charge in [0.1, 0.15) is 3.70 Å². The van der Waals surface area contributed by atoms with Gasteiger partial charge in [-0.15, -0.1) is 0 Å². The molecule has 0 saturated heterocycles. The fraction of sp³-hybridized carbons (Fsp3) is 0. The lowest BCUT2D eigenvalue weighted by atomic mass is 10.3. The number of allylic oxidation sites excluding steroid dienone is 2. The van der Waals surface area contributed by atoms with Crippen LogP contribution in [0.15, 0.2) is 48.7 Å². The lowest BCUT2D eigenvalue weighted by Gasteiger charge is -2.16. The first-order valence-corrected chi connectivity index (χ1v) is 7.50. The van der Waals surface area contributed by atoms with E-state index in [1.54, 1.807) is 0 Å². The second-order valence-corrected chi connectivity index (χ2v) is 6.48. The molecule has 0 spiro atoms. The fourth-order valence-corrected chi connectivity index (χ4v) is 4.51. The zero-order valence-corrected chi connectivity index (χ0v) is 11.0. The minimum Gasteiger partial charge on any atom is -0.294 e. The summed E-state index contributed by atoms with van der Waals surface area (Å²) in [4.78, 5) is 11.6. The van der Waals surface area contributed by atoms with E-state index in [0.717, 1.165) is 16.9 Å². The SMILES string of the molecule is C1=CC2=Ic3nc4ccccc4nc3N2C=C1. The van der Waals surface area contributed by atoms with Gasteiger partial charge in [-0.2, -0.15) is 0 Å². The van der Waals surface area contributed by atoms with Crippen LogP contribution in [0.25, 0.3) is 11.0 Å². The van der Waals surface area contributed by atoms with Gasteiger partial charge < -0.3 is 0 Å². The highest BCUT2D eigenvalue weighted by Gasteiger charge is 2.23. The Morgan fingerprint density at radius 2 is 1.82 bits per heavy atom. The maximum absolute atomic E-state index is 4.74. The van der Waals surface area contributed by atoms with Crippen molar-refractivity contribution in [3.8, 4) is 0 Å². The van der Waals surface area contributed by atoms with Crippen molar-refractivity contribution < 1.29 is 0 Å². The van der Waals surface area contributed by atoms with Crippen molar-refractivity contribution in [2.24, 2.45) is 0 Å². The Bertz CT molecular complexity index is 716. The van der Waals surface area contributed by atoms with E-state index in [0.29, 0.717) is 0 Å². The molecule has 4 heteroatoms. The Hall–Kier alpha value is -1.56. The first kappa shape index (κ1) is 9.47. The Morgan fingerprint density at radius 3 is 2.71 bits per heavy atom. The molecular weight excluding hydrogens is 325 g/mol. The molecule has 2 aliphatic rings. The summed E-state index contributed by atoms with van der Waals surface area (Å²) in [5.41, 5.74) is 1.97. The number of aromatic nitrogens is 2. The molecule has 17 heavy (non-hydrogen) atoms. The molecule has 82 valence electrons. The summed E-state index contributed by atoms with van der Waals surface area (Å²) in [6.07, 6.45) is 8.36. The Labute approximate surface area is 108 Å². The minimum absolute atomic E-state index is 0.183. The third-order valence-corrected chi connectivity index (χ3v) is 5.40. The van der Waals surface area contributed by atoms with E-state index >= 15 is 0 Å². The highest BCUT2D eigenvalue weighted by molar-refractivity contribution is 14.2. The standard InChI is InChI=1S/C13H8IN3/c1-2-6-10-9(5-1)15-12-13(16-10)17-8-4-3-7-11(17)14-12/h1-8H. The van der Waals surface area contributed by atoms with E-state index in [1.165, 1.54) is 7.33 Å². The van der Waals surface area contributed by atoms with Crippen LogP contribution in [0.5, 0.6) is 0 Å². The molecule has 2 aliphatic heterocycles. The molecule has 0 fully saturated rings. The number of para-hydroxylation sites is 2. The smallest absolute Gasteiger partial charge is 0.170 e. The van der Waals surface area contributed by atoms with Crippen LogP contribution in [-0.4, -0.2) is 13.6 Å². The normalized spacial score (nSPS) is 16.5. The van der Waals surface area contributed by atoms with Crippen molar-refractivity contribution in [1.82, 2.24) is 9.97 Å². The zero-order chi connectivity index (χ0) is 11.2. The molecule has 3 nitrogen and oxygen atoms in total. The van der Waals surface area contributed by atoms with Crippen LogP contribution in [0.4, 0.5) is 5.82 Å². The zero-order valence-electron chi connectivity index (χ0n) is 8.84. The van der Waals surface area contributed by atoms with Crippen LogP contribution in [-0.2, 0) is 0 Å². The van der Waals surface area contributed by atoms with E-state index < -0.39 is 0 Å².